The summed E-state index contributed by atoms with van der Waals surface area (Å²) in [5.74, 6) is 6.17. The quantitative estimate of drug-likeness (QED) is 0.313. The van der Waals surface area contributed by atoms with Crippen LogP contribution in [0.1, 0.15) is 129 Å². The summed E-state index contributed by atoms with van der Waals surface area (Å²) in [6.07, 6.45) is 36.3. The van der Waals surface area contributed by atoms with E-state index in [9.17, 15) is 0 Å². The average Bonchev–Trinajstić information content (AvgIpc) is 2.79. The Morgan fingerprint density at radius 3 is 1.53 bits per heavy atom. The fraction of sp³-hybridized carbons (Fsp3) is 0.867. The van der Waals surface area contributed by atoms with Gasteiger partial charge in [-0.15, -0.1) is 0 Å². The van der Waals surface area contributed by atoms with E-state index < -0.39 is 0 Å². The molecule has 0 aliphatic heterocycles. The Morgan fingerprint density at radius 2 is 1.03 bits per heavy atom. The van der Waals surface area contributed by atoms with Crippen LogP contribution in [-0.4, -0.2) is 0 Å². The third-order valence-corrected chi connectivity index (χ3v) is 9.16. The first-order chi connectivity index (χ1) is 14.8. The minimum atomic E-state index is 0.890. The summed E-state index contributed by atoms with van der Waals surface area (Å²) in [6, 6.07) is 0. The summed E-state index contributed by atoms with van der Waals surface area (Å²) in [5.41, 5.74) is 0. The van der Waals surface area contributed by atoms with Gasteiger partial charge < -0.3 is 0 Å². The van der Waals surface area contributed by atoms with E-state index in [4.69, 9.17) is 0 Å². The molecule has 0 nitrogen and oxygen atoms in total. The summed E-state index contributed by atoms with van der Waals surface area (Å²) in [6.45, 7) is 4.51. The van der Waals surface area contributed by atoms with Gasteiger partial charge in [-0.3, -0.25) is 0 Å². The Hall–Kier alpha value is -0.520. The summed E-state index contributed by atoms with van der Waals surface area (Å²) < 4.78 is 0. The number of rotatable bonds is 10. The van der Waals surface area contributed by atoms with Crippen LogP contribution in [0.2, 0.25) is 0 Å². The van der Waals surface area contributed by atoms with Crippen LogP contribution in [0.3, 0.4) is 0 Å². The van der Waals surface area contributed by atoms with E-state index in [-0.39, 0.29) is 0 Å². The van der Waals surface area contributed by atoms with Gasteiger partial charge in [0.2, 0.25) is 0 Å². The molecule has 0 N–H and O–H groups in total. The van der Waals surface area contributed by atoms with Crippen LogP contribution < -0.4 is 0 Å². The molecule has 3 saturated carbocycles. The summed E-state index contributed by atoms with van der Waals surface area (Å²) >= 11 is 0. The van der Waals surface area contributed by atoms with Gasteiger partial charge in [-0.2, -0.15) is 0 Å². The molecule has 0 saturated heterocycles. The van der Waals surface area contributed by atoms with Crippen LogP contribution in [0.4, 0.5) is 0 Å². The number of allylic oxidation sites excluding steroid dienone is 4. The van der Waals surface area contributed by atoms with Crippen LogP contribution in [0.15, 0.2) is 24.3 Å². The average molecular weight is 413 g/mol. The molecular formula is C30H52. The molecular weight excluding hydrogens is 360 g/mol. The smallest absolute Gasteiger partial charge is 0.0233 e. The summed E-state index contributed by atoms with van der Waals surface area (Å²) in [5, 5.41) is 0. The minimum absolute atomic E-state index is 0.890. The van der Waals surface area contributed by atoms with Crippen molar-refractivity contribution in [2.24, 2.45) is 35.5 Å². The van der Waals surface area contributed by atoms with E-state index in [1.807, 2.05) is 0 Å². The minimum Gasteiger partial charge on any atom is -0.0917 e. The van der Waals surface area contributed by atoms with E-state index in [1.54, 1.807) is 38.5 Å². The number of hydrogen-bond acceptors (Lipinski definition) is 0. The van der Waals surface area contributed by atoms with Crippen molar-refractivity contribution in [3.8, 4) is 0 Å². The molecule has 30 heavy (non-hydrogen) atoms. The first-order valence-electron chi connectivity index (χ1n) is 14.1. The molecule has 0 spiro atoms. The van der Waals surface area contributed by atoms with Crippen molar-refractivity contribution in [2.45, 2.75) is 129 Å². The second-order valence-corrected chi connectivity index (χ2v) is 11.3. The van der Waals surface area contributed by atoms with Crippen molar-refractivity contribution in [3.05, 3.63) is 24.3 Å². The van der Waals surface area contributed by atoms with E-state index in [0.717, 1.165) is 35.5 Å². The second-order valence-electron chi connectivity index (χ2n) is 11.3. The number of hydrogen-bond donors (Lipinski definition) is 0. The largest absolute Gasteiger partial charge is 0.0917 e. The Labute approximate surface area is 189 Å². The van der Waals surface area contributed by atoms with E-state index in [0.29, 0.717) is 0 Å². The Morgan fingerprint density at radius 1 is 0.567 bits per heavy atom. The molecule has 0 aromatic carbocycles. The topological polar surface area (TPSA) is 0 Å². The van der Waals surface area contributed by atoms with Crippen LogP contribution in [0, 0.1) is 35.5 Å². The van der Waals surface area contributed by atoms with Crippen LogP contribution in [0.5, 0.6) is 0 Å². The molecule has 0 heteroatoms. The maximum absolute atomic E-state index is 2.60. The highest BCUT2D eigenvalue weighted by Gasteiger charge is 2.30. The van der Waals surface area contributed by atoms with Gasteiger partial charge >= 0.3 is 0 Å². The Balaban J connectivity index is 1.23. The van der Waals surface area contributed by atoms with Gasteiger partial charge in [0.1, 0.15) is 0 Å². The molecule has 3 aliphatic carbocycles. The van der Waals surface area contributed by atoms with Gasteiger partial charge in [0, 0.05) is 0 Å². The summed E-state index contributed by atoms with van der Waals surface area (Å²) in [7, 11) is 0. The predicted molar refractivity (Wildman–Crippen MR) is 134 cm³/mol. The van der Waals surface area contributed by atoms with E-state index in [1.165, 1.54) is 77.0 Å². The fourth-order valence-corrected chi connectivity index (χ4v) is 7.09. The van der Waals surface area contributed by atoms with Crippen molar-refractivity contribution in [1.82, 2.24) is 0 Å². The fourth-order valence-electron chi connectivity index (χ4n) is 7.09. The van der Waals surface area contributed by atoms with Crippen molar-refractivity contribution in [2.75, 3.05) is 0 Å². The molecule has 0 heterocycles. The molecule has 3 aliphatic rings. The zero-order valence-electron chi connectivity index (χ0n) is 20.5. The van der Waals surface area contributed by atoms with Crippen LogP contribution in [-0.2, 0) is 0 Å². The zero-order valence-corrected chi connectivity index (χ0v) is 20.5. The predicted octanol–water partition coefficient (Wildman–Crippen LogP) is 9.90. The monoisotopic (exact) mass is 412 g/mol. The Kier molecular flexibility index (Phi) is 11.1. The van der Waals surface area contributed by atoms with Crippen molar-refractivity contribution in [1.29, 1.82) is 0 Å². The first-order valence-corrected chi connectivity index (χ1v) is 14.1. The molecule has 0 aromatic heterocycles. The van der Waals surface area contributed by atoms with E-state index >= 15 is 0 Å². The van der Waals surface area contributed by atoms with Crippen molar-refractivity contribution < 1.29 is 0 Å². The lowest BCUT2D eigenvalue weighted by Crippen LogP contribution is -2.25. The van der Waals surface area contributed by atoms with Gasteiger partial charge in [-0.25, -0.2) is 0 Å². The normalized spacial score (nSPS) is 35.9. The van der Waals surface area contributed by atoms with Crippen LogP contribution >= 0.6 is 0 Å². The van der Waals surface area contributed by atoms with Gasteiger partial charge in [-0.05, 0) is 119 Å². The first kappa shape index (κ1) is 24.1. The maximum atomic E-state index is 2.60. The van der Waals surface area contributed by atoms with E-state index in [2.05, 4.69) is 38.2 Å². The lowest BCUT2D eigenvalue weighted by molar-refractivity contribution is 0.141. The van der Waals surface area contributed by atoms with Gasteiger partial charge in [0.05, 0.1) is 0 Å². The summed E-state index contributed by atoms with van der Waals surface area (Å²) in [4.78, 5) is 0. The highest BCUT2D eigenvalue weighted by molar-refractivity contribution is 4.92. The van der Waals surface area contributed by atoms with Gasteiger partial charge in [0.25, 0.3) is 0 Å². The highest BCUT2D eigenvalue weighted by Crippen LogP contribution is 2.43. The van der Waals surface area contributed by atoms with Crippen molar-refractivity contribution >= 4 is 0 Å². The maximum Gasteiger partial charge on any atom is -0.0233 e. The molecule has 3 fully saturated rings. The SMILES string of the molecule is CC=CCCC1CCC(C=CCCC2CCC(C3CCC(CCC)CC3)CC2)CC1. The van der Waals surface area contributed by atoms with Gasteiger partial charge in [0.15, 0.2) is 0 Å². The molecule has 0 amide bonds. The third kappa shape index (κ3) is 8.20. The zero-order chi connectivity index (χ0) is 21.0. The molecule has 0 bridgehead atoms. The lowest BCUT2D eigenvalue weighted by atomic mass is 9.68. The molecule has 0 unspecified atom stereocenters. The molecule has 172 valence electrons. The van der Waals surface area contributed by atoms with Crippen molar-refractivity contribution in [3.63, 3.8) is 0 Å². The molecule has 0 aromatic rings. The van der Waals surface area contributed by atoms with Crippen LogP contribution in [0.25, 0.3) is 0 Å². The third-order valence-electron chi connectivity index (χ3n) is 9.16. The second kappa shape index (κ2) is 13.8. The lowest BCUT2D eigenvalue weighted by Gasteiger charge is -2.38. The molecule has 3 rings (SSSR count). The highest BCUT2D eigenvalue weighted by atomic mass is 14.4. The molecule has 0 radical (unpaired) electrons. The standard InChI is InChI=1S/C30H52/c1-3-5-6-10-26-13-15-27(16-14-26)11-7-8-12-28-19-23-30(24-20-28)29-21-17-25(9-4-2)18-22-29/h3,5,7,11,25-30H,4,6,8-10,12-24H2,1-2H3. The Bertz CT molecular complexity index is 476. The molecule has 0 atom stereocenters. The van der Waals surface area contributed by atoms with Gasteiger partial charge in [-0.1, -0.05) is 69.8 Å².